The molecule has 0 amide bonds. The lowest BCUT2D eigenvalue weighted by molar-refractivity contribution is -0.118. The van der Waals surface area contributed by atoms with Crippen molar-refractivity contribution in [3.05, 3.63) is 99.3 Å². The van der Waals surface area contributed by atoms with Gasteiger partial charge in [-0.1, -0.05) is 30.7 Å². The van der Waals surface area contributed by atoms with Crippen LogP contribution in [0.3, 0.4) is 0 Å². The van der Waals surface area contributed by atoms with Gasteiger partial charge in [-0.05, 0) is 42.0 Å². The number of rotatable bonds is 10. The number of nitrogens with one attached hydrogen (secondary N) is 1. The van der Waals surface area contributed by atoms with Crippen LogP contribution in [0, 0.1) is 0 Å². The third-order valence-corrected chi connectivity index (χ3v) is 5.59. The van der Waals surface area contributed by atoms with Gasteiger partial charge in [0.25, 0.3) is 5.56 Å². The number of benzene rings is 2. The molecule has 2 aromatic carbocycles. The Kier molecular flexibility index (Phi) is 7.89. The maximum absolute atomic E-state index is 13.3. The molecule has 4 rings (SSSR count). The number of carbonyl (C=O) groups excluding carboxylic acids is 1. The molecule has 2 aromatic heterocycles. The van der Waals surface area contributed by atoms with Gasteiger partial charge in [-0.15, -0.1) is 0 Å². The highest BCUT2D eigenvalue weighted by atomic mass is 35.5. The number of carboxylic acid groups (broad SMARTS) is 1. The molecule has 0 aliphatic heterocycles. The summed E-state index contributed by atoms with van der Waals surface area (Å²) in [4.78, 5) is 48.3. The first-order valence-corrected chi connectivity index (χ1v) is 11.7. The van der Waals surface area contributed by atoms with E-state index in [9.17, 15) is 14.4 Å². The second-order valence-corrected chi connectivity index (χ2v) is 8.43. The highest BCUT2D eigenvalue weighted by Gasteiger charge is 2.14. The molecule has 0 fully saturated rings. The van der Waals surface area contributed by atoms with Crippen LogP contribution in [0.25, 0.3) is 0 Å². The van der Waals surface area contributed by atoms with E-state index in [1.807, 2.05) is 12.1 Å². The third-order valence-electron chi connectivity index (χ3n) is 5.33. The van der Waals surface area contributed by atoms with Crippen molar-refractivity contribution in [1.82, 2.24) is 19.5 Å². The average molecular weight is 520 g/mol. The van der Waals surface area contributed by atoms with Crippen molar-refractivity contribution < 1.29 is 19.4 Å². The molecule has 0 saturated carbocycles. The lowest BCUT2D eigenvalue weighted by atomic mass is 10.1. The van der Waals surface area contributed by atoms with E-state index in [0.717, 1.165) is 11.8 Å². The molecule has 0 radical (unpaired) electrons. The fraction of sp³-hybridized carbons (Fsp3) is 0.154. The minimum Gasteiger partial charge on any atom is -0.476 e. The number of nitrogens with zero attached hydrogens (tertiary/aromatic N) is 4. The maximum atomic E-state index is 13.3. The molecule has 0 aliphatic carbocycles. The van der Waals surface area contributed by atoms with Crippen LogP contribution in [-0.2, 0) is 17.8 Å². The first-order chi connectivity index (χ1) is 17.8. The van der Waals surface area contributed by atoms with Crippen LogP contribution >= 0.6 is 11.6 Å². The molecule has 4 aromatic rings. The smallest absolute Gasteiger partial charge is 0.356 e. The van der Waals surface area contributed by atoms with Gasteiger partial charge in [0.05, 0.1) is 18.9 Å². The van der Waals surface area contributed by atoms with Crippen LogP contribution < -0.4 is 15.6 Å². The molecule has 2 N–H and O–H groups in total. The fourth-order valence-corrected chi connectivity index (χ4v) is 3.47. The van der Waals surface area contributed by atoms with E-state index in [0.29, 0.717) is 34.4 Å². The predicted molar refractivity (Wildman–Crippen MR) is 137 cm³/mol. The quantitative estimate of drug-likeness (QED) is 0.310. The molecule has 0 saturated heterocycles. The minimum atomic E-state index is -1.18. The number of anilines is 2. The van der Waals surface area contributed by atoms with Crippen molar-refractivity contribution in [2.24, 2.45) is 0 Å². The van der Waals surface area contributed by atoms with E-state index >= 15 is 0 Å². The first-order valence-electron chi connectivity index (χ1n) is 11.3. The molecule has 10 nitrogen and oxygen atoms in total. The summed E-state index contributed by atoms with van der Waals surface area (Å²) in [5.74, 6) is -0.334. The van der Waals surface area contributed by atoms with E-state index < -0.39 is 5.97 Å². The largest absolute Gasteiger partial charge is 0.476 e. The van der Waals surface area contributed by atoms with Crippen LogP contribution in [0.15, 0.2) is 71.9 Å². The minimum absolute atomic E-state index is 0.0194. The zero-order valence-electron chi connectivity index (χ0n) is 19.7. The Morgan fingerprint density at radius 1 is 1.00 bits per heavy atom. The summed E-state index contributed by atoms with van der Waals surface area (Å²) < 4.78 is 7.08. The molecule has 0 unspecified atom stereocenters. The van der Waals surface area contributed by atoms with E-state index in [1.165, 1.54) is 17.0 Å². The number of aromatic carboxylic acids is 1. The number of halogens is 1. The van der Waals surface area contributed by atoms with Gasteiger partial charge < -0.3 is 15.2 Å². The monoisotopic (exact) mass is 519 g/mol. The third kappa shape index (κ3) is 6.56. The number of hydrogen-bond donors (Lipinski definition) is 2. The summed E-state index contributed by atoms with van der Waals surface area (Å²) in [6, 6.07) is 13.9. The molecule has 0 bridgehead atoms. The second-order valence-electron chi connectivity index (χ2n) is 7.99. The highest BCUT2D eigenvalue weighted by Crippen LogP contribution is 2.23. The topological polar surface area (TPSA) is 136 Å². The lowest BCUT2D eigenvalue weighted by Gasteiger charge is -2.15. The molecule has 11 heteroatoms. The second kappa shape index (κ2) is 11.4. The Hall–Kier alpha value is -4.57. The van der Waals surface area contributed by atoms with Crippen molar-refractivity contribution in [3.63, 3.8) is 0 Å². The average Bonchev–Trinajstić information content (AvgIpc) is 2.90. The molecular weight excluding hydrogens is 498 g/mol. The Morgan fingerprint density at radius 2 is 1.73 bits per heavy atom. The summed E-state index contributed by atoms with van der Waals surface area (Å²) in [6.45, 7) is 1.98. The highest BCUT2D eigenvalue weighted by molar-refractivity contribution is 6.30. The van der Waals surface area contributed by atoms with Crippen molar-refractivity contribution >= 4 is 35.0 Å². The van der Waals surface area contributed by atoms with Gasteiger partial charge >= 0.3 is 5.97 Å². The van der Waals surface area contributed by atoms with Crippen LogP contribution in [0.2, 0.25) is 5.02 Å². The van der Waals surface area contributed by atoms with Crippen LogP contribution in [0.1, 0.15) is 35.0 Å². The zero-order valence-corrected chi connectivity index (χ0v) is 20.5. The standard InChI is InChI=1S/C26H22ClN5O5/c1-2-20(33)11-17-12-30-26(32(24(17)34)15-16-3-5-18(27)6-4-16)31-19-7-9-21(10-8-19)37-23-14-28-22(13-29-23)25(35)36/h3-10,12-14H,2,11,15H2,1H3,(H,30,31)(H,35,36). The normalized spacial score (nSPS) is 10.6. The van der Waals surface area contributed by atoms with Crippen molar-refractivity contribution in [2.45, 2.75) is 26.3 Å². The molecule has 37 heavy (non-hydrogen) atoms. The zero-order chi connectivity index (χ0) is 26.4. The van der Waals surface area contributed by atoms with Gasteiger partial charge in [0.15, 0.2) is 5.69 Å². The van der Waals surface area contributed by atoms with E-state index in [2.05, 4.69) is 20.3 Å². The van der Waals surface area contributed by atoms with E-state index in [-0.39, 0.29) is 35.9 Å². The van der Waals surface area contributed by atoms with Gasteiger partial charge in [0.2, 0.25) is 11.8 Å². The van der Waals surface area contributed by atoms with Gasteiger partial charge in [0.1, 0.15) is 11.5 Å². The molecule has 0 atom stereocenters. The van der Waals surface area contributed by atoms with Gasteiger partial charge in [-0.2, -0.15) is 0 Å². The maximum Gasteiger partial charge on any atom is 0.356 e. The van der Waals surface area contributed by atoms with Crippen LogP contribution in [0.4, 0.5) is 11.6 Å². The number of ketones is 1. The number of carboxylic acids is 1. The summed E-state index contributed by atoms with van der Waals surface area (Å²) in [5, 5.41) is 12.6. The number of carbonyl (C=O) groups is 2. The summed E-state index contributed by atoms with van der Waals surface area (Å²) in [7, 11) is 0. The first kappa shape index (κ1) is 25.5. The molecule has 188 valence electrons. The van der Waals surface area contributed by atoms with Crippen LogP contribution in [0.5, 0.6) is 11.6 Å². The predicted octanol–water partition coefficient (Wildman–Crippen LogP) is 4.49. The Balaban J connectivity index is 1.56. The number of hydrogen-bond acceptors (Lipinski definition) is 8. The number of aromatic nitrogens is 4. The van der Waals surface area contributed by atoms with Crippen LogP contribution in [-0.4, -0.2) is 36.4 Å². The lowest BCUT2D eigenvalue weighted by Crippen LogP contribution is -2.28. The molecule has 2 heterocycles. The Morgan fingerprint density at radius 3 is 2.35 bits per heavy atom. The molecule has 0 spiro atoms. The van der Waals surface area contributed by atoms with Gasteiger partial charge in [-0.25, -0.2) is 19.7 Å². The molecular formula is C26H22ClN5O5. The van der Waals surface area contributed by atoms with Crippen molar-refractivity contribution in [3.8, 4) is 11.6 Å². The molecule has 0 aliphatic rings. The van der Waals surface area contributed by atoms with E-state index in [1.54, 1.807) is 43.3 Å². The van der Waals surface area contributed by atoms with Crippen molar-refractivity contribution in [2.75, 3.05) is 5.32 Å². The number of Topliss-reactive ketones (excluding diaryl/α,β-unsaturated/α-hetero) is 1. The van der Waals surface area contributed by atoms with E-state index in [4.69, 9.17) is 21.4 Å². The number of ether oxygens (including phenoxy) is 1. The summed E-state index contributed by atoms with van der Waals surface area (Å²) in [5.41, 5.74) is 1.31. The van der Waals surface area contributed by atoms with Crippen molar-refractivity contribution in [1.29, 1.82) is 0 Å². The Labute approximate surface area is 216 Å². The summed E-state index contributed by atoms with van der Waals surface area (Å²) >= 11 is 5.99. The SMILES string of the molecule is CCC(=O)Cc1cnc(Nc2ccc(Oc3cnc(C(=O)O)cn3)cc2)n(Cc2ccc(Cl)cc2)c1=O. The van der Waals surface area contributed by atoms with Gasteiger partial charge in [-0.3, -0.25) is 14.2 Å². The summed E-state index contributed by atoms with van der Waals surface area (Å²) in [6.07, 6.45) is 4.11. The Bertz CT molecular complexity index is 1470. The fourth-order valence-electron chi connectivity index (χ4n) is 3.35. The van der Waals surface area contributed by atoms with Gasteiger partial charge in [0, 0.05) is 35.3 Å².